The Labute approximate surface area is 273 Å². The van der Waals surface area contributed by atoms with E-state index in [9.17, 15) is 27.9 Å². The van der Waals surface area contributed by atoms with Crippen molar-refractivity contribution < 1.29 is 51.0 Å². The highest BCUT2D eigenvalue weighted by Gasteiger charge is 2.58. The SMILES string of the molecule is C[n+]1cc(-c2ccc(OCC(C)(ON=C(C(=O)NC3C(=O)N(OS(=O)(=O)O)C3(C)C)c3csc(N)n3)C(=O)O)cc2)cn1CCCN. The van der Waals surface area contributed by atoms with E-state index in [0.29, 0.717) is 17.4 Å². The minimum atomic E-state index is -5.02. The van der Waals surface area contributed by atoms with Crippen LogP contribution in [0.2, 0.25) is 0 Å². The second-order valence-electron chi connectivity index (χ2n) is 11.2. The Bertz CT molecular complexity index is 1790. The number of hydrogen-bond donors (Lipinski definition) is 5. The summed E-state index contributed by atoms with van der Waals surface area (Å²) in [6, 6.07) is 5.63. The third-order valence-electron chi connectivity index (χ3n) is 7.20. The van der Waals surface area contributed by atoms with Crippen molar-refractivity contribution >= 4 is 50.4 Å². The van der Waals surface area contributed by atoms with Gasteiger partial charge in [-0.3, -0.25) is 14.1 Å². The van der Waals surface area contributed by atoms with E-state index in [1.54, 1.807) is 12.1 Å². The first-order chi connectivity index (χ1) is 21.9. The number of oxime groups is 1. The van der Waals surface area contributed by atoms with Gasteiger partial charge in [0.2, 0.25) is 6.20 Å². The van der Waals surface area contributed by atoms with E-state index in [2.05, 4.69) is 19.7 Å². The third-order valence-corrected chi connectivity index (χ3v) is 8.22. The molecular weight excluding hydrogens is 660 g/mol. The van der Waals surface area contributed by atoms with Crippen LogP contribution in [0.25, 0.3) is 11.1 Å². The number of nitrogens with two attached hydrogens (primary N) is 2. The maximum atomic E-state index is 13.3. The van der Waals surface area contributed by atoms with Gasteiger partial charge in [0.1, 0.15) is 24.1 Å². The molecule has 1 aromatic carbocycles. The molecule has 0 spiro atoms. The number of hydrogen-bond acceptors (Lipinski definition) is 13. The Morgan fingerprint density at radius 1 is 1.26 bits per heavy atom. The van der Waals surface area contributed by atoms with E-state index in [1.165, 1.54) is 26.2 Å². The number of aromatic nitrogens is 3. The largest absolute Gasteiger partial charge is 0.489 e. The lowest BCUT2D eigenvalue weighted by Gasteiger charge is -2.50. The zero-order valence-electron chi connectivity index (χ0n) is 25.8. The average molecular weight is 696 g/mol. The number of anilines is 1. The van der Waals surface area contributed by atoms with Crippen LogP contribution in [-0.2, 0) is 47.5 Å². The molecule has 47 heavy (non-hydrogen) atoms. The molecule has 1 aliphatic heterocycles. The number of carboxylic acids is 1. The molecule has 3 aromatic rings. The summed E-state index contributed by atoms with van der Waals surface area (Å²) in [5.74, 6) is -3.14. The van der Waals surface area contributed by atoms with Gasteiger partial charge in [0, 0.05) is 5.38 Å². The highest BCUT2D eigenvalue weighted by molar-refractivity contribution is 7.80. The number of carboxylic acid groups (broad SMARTS) is 1. The third kappa shape index (κ3) is 8.03. The van der Waals surface area contributed by atoms with Crippen LogP contribution in [0.1, 0.15) is 32.9 Å². The lowest BCUT2D eigenvalue weighted by atomic mass is 9.84. The van der Waals surface area contributed by atoms with Crippen molar-refractivity contribution in [3.8, 4) is 16.9 Å². The zero-order valence-corrected chi connectivity index (χ0v) is 27.4. The van der Waals surface area contributed by atoms with Crippen LogP contribution in [0.3, 0.4) is 0 Å². The number of ether oxygens (including phenoxy) is 1. The Morgan fingerprint density at radius 2 is 1.94 bits per heavy atom. The Hall–Kier alpha value is -4.63. The number of β-lactam (4-membered cyclic amide) rings is 1. The molecule has 1 aliphatic rings. The van der Waals surface area contributed by atoms with E-state index >= 15 is 0 Å². The number of aliphatic carboxylic acids is 1. The number of nitrogen functional groups attached to an aromatic ring is 1. The molecule has 20 heteroatoms. The number of nitrogens with one attached hydrogen (secondary N) is 1. The highest BCUT2D eigenvalue weighted by atomic mass is 32.3. The van der Waals surface area contributed by atoms with Crippen molar-refractivity contribution in [3.63, 3.8) is 0 Å². The molecule has 18 nitrogen and oxygen atoms in total. The number of nitrogens with zero attached hydrogens (tertiary/aromatic N) is 5. The summed E-state index contributed by atoms with van der Waals surface area (Å²) in [6.45, 7) is 4.73. The van der Waals surface area contributed by atoms with Crippen LogP contribution in [0.15, 0.2) is 47.2 Å². The average Bonchev–Trinajstić information content (AvgIpc) is 3.60. The van der Waals surface area contributed by atoms with Crippen molar-refractivity contribution in [2.24, 2.45) is 17.9 Å². The topological polar surface area (TPSA) is 255 Å². The van der Waals surface area contributed by atoms with Crippen LogP contribution < -0.4 is 26.2 Å². The van der Waals surface area contributed by atoms with E-state index in [-0.39, 0.29) is 10.8 Å². The molecular formula is C27H35N8O10S2+. The summed E-state index contributed by atoms with van der Waals surface area (Å²) in [5, 5.41) is 17.9. The number of carbonyl (C=O) groups excluding carboxylic acids is 2. The van der Waals surface area contributed by atoms with Gasteiger partial charge in [0.25, 0.3) is 17.4 Å². The van der Waals surface area contributed by atoms with E-state index in [1.807, 2.05) is 40.9 Å². The Kier molecular flexibility index (Phi) is 10.2. The minimum Gasteiger partial charge on any atom is -0.489 e. The van der Waals surface area contributed by atoms with Crippen LogP contribution in [0, 0.1) is 0 Å². The van der Waals surface area contributed by atoms with E-state index in [4.69, 9.17) is 25.6 Å². The summed E-state index contributed by atoms with van der Waals surface area (Å²) in [5.41, 5.74) is 9.05. The van der Waals surface area contributed by atoms with Crippen LogP contribution >= 0.6 is 11.3 Å². The maximum Gasteiger partial charge on any atom is 0.418 e. The van der Waals surface area contributed by atoms with Crippen molar-refractivity contribution in [2.45, 2.75) is 50.9 Å². The standard InChI is InChI=1S/C27H34N8O10S2/c1-26(2)21(23(37)35(26)45-47(40,41)42)31-22(36)20(19-14-46-25(29)30-19)32-44-27(3,24(38)39)15-43-18-8-6-16(7-9-18)17-12-33(4)34(13-17)11-5-10-28/h6-9,12-14,21H,5,10-11,15,28H2,1-4H3,(H4-,29,30,31,36,38,39,40,41,42)/p+1. The van der Waals surface area contributed by atoms with E-state index in [0.717, 1.165) is 35.4 Å². The lowest BCUT2D eigenvalue weighted by molar-refractivity contribution is -0.753. The van der Waals surface area contributed by atoms with Crippen molar-refractivity contribution in [1.82, 2.24) is 20.0 Å². The molecule has 0 aliphatic carbocycles. The number of rotatable bonds is 15. The fourth-order valence-electron chi connectivity index (χ4n) is 4.44. The Balaban J connectivity index is 1.49. The molecule has 254 valence electrons. The zero-order chi connectivity index (χ0) is 34.7. The summed E-state index contributed by atoms with van der Waals surface area (Å²) in [7, 11) is -3.10. The molecule has 1 saturated heterocycles. The number of hydroxylamine groups is 2. The van der Waals surface area contributed by atoms with Gasteiger partial charge in [-0.1, -0.05) is 17.3 Å². The molecule has 1 fully saturated rings. The van der Waals surface area contributed by atoms with Gasteiger partial charge in [0.15, 0.2) is 17.9 Å². The van der Waals surface area contributed by atoms with Crippen LogP contribution in [-0.4, -0.2) is 86.6 Å². The smallest absolute Gasteiger partial charge is 0.418 e. The summed E-state index contributed by atoms with van der Waals surface area (Å²) in [6.07, 6.45) is 4.79. The first-order valence-electron chi connectivity index (χ1n) is 14.0. The normalized spacial score (nSPS) is 17.5. The van der Waals surface area contributed by atoms with Crippen LogP contribution in [0.5, 0.6) is 5.75 Å². The molecule has 7 N–H and O–H groups in total. The number of thiazole rings is 1. The molecule has 4 rings (SSSR count). The number of aryl methyl sites for hydroxylation is 2. The van der Waals surface area contributed by atoms with Crippen molar-refractivity contribution in [3.05, 3.63) is 47.7 Å². The van der Waals surface area contributed by atoms with Crippen molar-refractivity contribution in [1.29, 1.82) is 0 Å². The van der Waals surface area contributed by atoms with Crippen molar-refractivity contribution in [2.75, 3.05) is 18.9 Å². The lowest BCUT2D eigenvalue weighted by Crippen LogP contribution is -2.76. The molecule has 0 saturated carbocycles. The highest BCUT2D eigenvalue weighted by Crippen LogP contribution is 2.33. The van der Waals surface area contributed by atoms with Gasteiger partial charge in [-0.15, -0.1) is 20.3 Å². The molecule has 2 aromatic heterocycles. The van der Waals surface area contributed by atoms with Gasteiger partial charge in [0.05, 0.1) is 23.8 Å². The molecule has 0 bridgehead atoms. The summed E-state index contributed by atoms with van der Waals surface area (Å²) >= 11 is 0.960. The molecule has 2 atom stereocenters. The molecule has 2 amide bonds. The summed E-state index contributed by atoms with van der Waals surface area (Å²) in [4.78, 5) is 47.5. The van der Waals surface area contributed by atoms with Gasteiger partial charge >= 0.3 is 16.4 Å². The quantitative estimate of drug-likeness (QED) is 0.0456. The van der Waals surface area contributed by atoms with Gasteiger partial charge < -0.3 is 31.5 Å². The maximum absolute atomic E-state index is 13.3. The predicted molar refractivity (Wildman–Crippen MR) is 166 cm³/mol. The second-order valence-corrected chi connectivity index (χ2v) is 13.1. The second kappa shape index (κ2) is 13.6. The minimum absolute atomic E-state index is 0.0573. The number of amides is 2. The monoisotopic (exact) mass is 695 g/mol. The fourth-order valence-corrected chi connectivity index (χ4v) is 5.45. The predicted octanol–water partition coefficient (Wildman–Crippen LogP) is -0.150. The van der Waals surface area contributed by atoms with E-state index < -0.39 is 57.7 Å². The first-order valence-corrected chi connectivity index (χ1v) is 16.2. The number of benzene rings is 1. The molecule has 3 heterocycles. The number of carbonyl (C=O) groups is 3. The molecule has 2 unspecified atom stereocenters. The molecule has 0 radical (unpaired) electrons. The Morgan fingerprint density at radius 3 is 2.49 bits per heavy atom. The fraction of sp³-hybridized carbons (Fsp3) is 0.407. The van der Waals surface area contributed by atoms with Gasteiger partial charge in [-0.2, -0.15) is 18.2 Å². The summed E-state index contributed by atoms with van der Waals surface area (Å²) < 4.78 is 45.2. The van der Waals surface area contributed by atoms with Crippen LogP contribution in [0.4, 0.5) is 5.13 Å². The van der Waals surface area contributed by atoms with Gasteiger partial charge in [-0.25, -0.2) is 9.78 Å². The van der Waals surface area contributed by atoms with Gasteiger partial charge in [-0.05, 0) is 51.4 Å². The first kappa shape index (κ1) is 35.2.